The third kappa shape index (κ3) is 2.52. The van der Waals surface area contributed by atoms with Gasteiger partial charge in [-0.05, 0) is 43.2 Å². The van der Waals surface area contributed by atoms with Gasteiger partial charge >= 0.3 is 11.9 Å². The van der Waals surface area contributed by atoms with E-state index in [-0.39, 0.29) is 5.69 Å². The number of nitrogens with zero attached hydrogens (tertiary/aromatic N) is 2. The van der Waals surface area contributed by atoms with Crippen molar-refractivity contribution in [2.45, 2.75) is 18.8 Å². The molecule has 0 atom stereocenters. The minimum atomic E-state index is -1.04. The van der Waals surface area contributed by atoms with Crippen LogP contribution in [0.4, 0.5) is 0 Å². The average Bonchev–Trinajstić information content (AvgIpc) is 3.25. The number of hydrogen-bond acceptors (Lipinski definition) is 4. The zero-order valence-corrected chi connectivity index (χ0v) is 11.4. The van der Waals surface area contributed by atoms with Crippen molar-refractivity contribution >= 4 is 11.9 Å². The predicted octanol–water partition coefficient (Wildman–Crippen LogP) is 2.23. The lowest BCUT2D eigenvalue weighted by Gasteiger charge is -2.07. The number of ether oxygens (including phenoxy) is 1. The Labute approximate surface area is 121 Å². The van der Waals surface area contributed by atoms with Gasteiger partial charge in [-0.25, -0.2) is 14.3 Å². The van der Waals surface area contributed by atoms with Gasteiger partial charge in [0.15, 0.2) is 5.69 Å². The van der Waals surface area contributed by atoms with Crippen LogP contribution in [-0.2, 0) is 4.74 Å². The molecule has 21 heavy (non-hydrogen) atoms. The summed E-state index contributed by atoms with van der Waals surface area (Å²) in [6.07, 6.45) is 2.09. The molecule has 6 heteroatoms. The monoisotopic (exact) mass is 286 g/mol. The van der Waals surface area contributed by atoms with Crippen molar-refractivity contribution in [1.29, 1.82) is 0 Å². The highest BCUT2D eigenvalue weighted by Crippen LogP contribution is 2.41. The van der Waals surface area contributed by atoms with Gasteiger partial charge in [-0.3, -0.25) is 0 Å². The van der Waals surface area contributed by atoms with Gasteiger partial charge < -0.3 is 9.84 Å². The largest absolute Gasteiger partial charge is 0.476 e. The van der Waals surface area contributed by atoms with Gasteiger partial charge in [-0.1, -0.05) is 0 Å². The Morgan fingerprint density at radius 2 is 1.95 bits per heavy atom. The van der Waals surface area contributed by atoms with Crippen molar-refractivity contribution in [2.24, 2.45) is 0 Å². The van der Waals surface area contributed by atoms with Gasteiger partial charge in [0, 0.05) is 11.6 Å². The van der Waals surface area contributed by atoms with Crippen LogP contribution in [0.25, 0.3) is 5.69 Å². The van der Waals surface area contributed by atoms with E-state index in [4.69, 9.17) is 5.11 Å². The smallest absolute Gasteiger partial charge is 0.356 e. The molecule has 0 unspecified atom stereocenters. The second-order valence-electron chi connectivity index (χ2n) is 4.98. The van der Waals surface area contributed by atoms with E-state index in [0.717, 1.165) is 24.2 Å². The number of hydrogen-bond donors (Lipinski definition) is 1. The van der Waals surface area contributed by atoms with Crippen LogP contribution in [0.2, 0.25) is 0 Å². The van der Waals surface area contributed by atoms with E-state index in [1.54, 1.807) is 35.0 Å². The van der Waals surface area contributed by atoms with Gasteiger partial charge in [0.2, 0.25) is 0 Å². The van der Waals surface area contributed by atoms with E-state index in [2.05, 4.69) is 9.84 Å². The molecule has 0 amide bonds. The van der Waals surface area contributed by atoms with E-state index in [9.17, 15) is 9.59 Å². The number of carbonyl (C=O) groups is 2. The Morgan fingerprint density at radius 3 is 2.48 bits per heavy atom. The first kappa shape index (κ1) is 13.4. The summed E-state index contributed by atoms with van der Waals surface area (Å²) in [5, 5.41) is 13.2. The highest BCUT2D eigenvalue weighted by atomic mass is 16.5. The zero-order valence-electron chi connectivity index (χ0n) is 11.4. The summed E-state index contributed by atoms with van der Waals surface area (Å²) in [7, 11) is 1.33. The van der Waals surface area contributed by atoms with Crippen LogP contribution in [0.15, 0.2) is 30.3 Å². The number of aromatic carboxylic acids is 1. The molecule has 1 saturated carbocycles. The van der Waals surface area contributed by atoms with Crippen LogP contribution >= 0.6 is 0 Å². The highest BCUT2D eigenvalue weighted by molar-refractivity contribution is 5.89. The number of carboxylic acids is 1. The molecular formula is C15H14N2O4. The molecular weight excluding hydrogens is 272 g/mol. The lowest BCUT2D eigenvalue weighted by molar-refractivity contribution is 0.0600. The first-order valence-electron chi connectivity index (χ1n) is 6.62. The summed E-state index contributed by atoms with van der Waals surface area (Å²) < 4.78 is 6.29. The predicted molar refractivity (Wildman–Crippen MR) is 73.8 cm³/mol. The number of esters is 1. The second-order valence-corrected chi connectivity index (χ2v) is 4.98. The standard InChI is InChI=1S/C15H14N2O4/c1-21-15(20)10-4-6-11(7-5-10)17-13(9-2-3-9)8-12(16-17)14(18)19/h4-9H,2-3H2,1H3,(H,18,19). The van der Waals surface area contributed by atoms with E-state index < -0.39 is 11.9 Å². The van der Waals surface area contributed by atoms with Crippen molar-refractivity contribution in [2.75, 3.05) is 7.11 Å². The molecule has 2 aromatic rings. The molecule has 1 aromatic heterocycles. The molecule has 0 bridgehead atoms. The van der Waals surface area contributed by atoms with Crippen molar-refractivity contribution in [3.05, 3.63) is 47.3 Å². The van der Waals surface area contributed by atoms with Crippen LogP contribution in [0.3, 0.4) is 0 Å². The summed E-state index contributed by atoms with van der Waals surface area (Å²) in [6.45, 7) is 0. The fourth-order valence-electron chi connectivity index (χ4n) is 2.23. The van der Waals surface area contributed by atoms with Crippen molar-refractivity contribution in [3.63, 3.8) is 0 Å². The molecule has 0 radical (unpaired) electrons. The van der Waals surface area contributed by atoms with Gasteiger partial charge in [0.25, 0.3) is 0 Å². The fraction of sp³-hybridized carbons (Fsp3) is 0.267. The molecule has 1 aromatic carbocycles. The van der Waals surface area contributed by atoms with Crippen LogP contribution in [0, 0.1) is 0 Å². The van der Waals surface area contributed by atoms with E-state index in [1.165, 1.54) is 7.11 Å². The molecule has 1 N–H and O–H groups in total. The molecule has 1 fully saturated rings. The van der Waals surface area contributed by atoms with Gasteiger partial charge in [-0.15, -0.1) is 0 Å². The molecule has 108 valence electrons. The molecule has 6 nitrogen and oxygen atoms in total. The van der Waals surface area contributed by atoms with Gasteiger partial charge in [0.05, 0.1) is 18.4 Å². The van der Waals surface area contributed by atoms with Crippen molar-refractivity contribution in [3.8, 4) is 5.69 Å². The summed E-state index contributed by atoms with van der Waals surface area (Å²) in [5.74, 6) is -1.08. The Morgan fingerprint density at radius 1 is 1.29 bits per heavy atom. The summed E-state index contributed by atoms with van der Waals surface area (Å²) >= 11 is 0. The molecule has 1 aliphatic carbocycles. The quantitative estimate of drug-likeness (QED) is 0.872. The molecule has 1 aliphatic rings. The third-order valence-corrected chi connectivity index (χ3v) is 3.48. The number of methoxy groups -OCH3 is 1. The van der Waals surface area contributed by atoms with E-state index in [1.807, 2.05) is 0 Å². The van der Waals surface area contributed by atoms with Crippen molar-refractivity contribution < 1.29 is 19.4 Å². The highest BCUT2D eigenvalue weighted by Gasteiger charge is 2.29. The summed E-state index contributed by atoms with van der Waals surface area (Å²) in [5.41, 5.74) is 2.11. The van der Waals surface area contributed by atoms with Gasteiger partial charge in [0.1, 0.15) is 0 Å². The number of carboxylic acid groups (broad SMARTS) is 1. The maximum absolute atomic E-state index is 11.4. The lowest BCUT2D eigenvalue weighted by atomic mass is 10.2. The second kappa shape index (κ2) is 5.05. The summed E-state index contributed by atoms with van der Waals surface area (Å²) in [4.78, 5) is 22.5. The molecule has 0 aliphatic heterocycles. The zero-order chi connectivity index (χ0) is 15.0. The first-order chi connectivity index (χ1) is 10.1. The van der Waals surface area contributed by atoms with Crippen LogP contribution in [0.5, 0.6) is 0 Å². The third-order valence-electron chi connectivity index (χ3n) is 3.48. The fourth-order valence-corrected chi connectivity index (χ4v) is 2.23. The maximum Gasteiger partial charge on any atom is 0.356 e. The number of aromatic nitrogens is 2. The van der Waals surface area contributed by atoms with Crippen LogP contribution in [-0.4, -0.2) is 33.9 Å². The van der Waals surface area contributed by atoms with Gasteiger partial charge in [-0.2, -0.15) is 5.10 Å². The average molecular weight is 286 g/mol. The molecule has 1 heterocycles. The molecule has 0 saturated heterocycles. The molecule has 3 rings (SSSR count). The van der Waals surface area contributed by atoms with Crippen molar-refractivity contribution in [1.82, 2.24) is 9.78 Å². The molecule has 0 spiro atoms. The number of carbonyl (C=O) groups excluding carboxylic acids is 1. The summed E-state index contributed by atoms with van der Waals surface area (Å²) in [6, 6.07) is 8.36. The first-order valence-corrected chi connectivity index (χ1v) is 6.62. The Hall–Kier alpha value is -2.63. The Kier molecular flexibility index (Phi) is 3.21. The van der Waals surface area contributed by atoms with E-state index >= 15 is 0 Å². The van der Waals surface area contributed by atoms with Crippen LogP contribution in [0.1, 0.15) is 45.3 Å². The topological polar surface area (TPSA) is 81.4 Å². The SMILES string of the molecule is COC(=O)c1ccc(-n2nc(C(=O)O)cc2C2CC2)cc1. The maximum atomic E-state index is 11.4. The minimum Gasteiger partial charge on any atom is -0.476 e. The Bertz CT molecular complexity index is 699. The minimum absolute atomic E-state index is 0.0361. The van der Waals surface area contributed by atoms with Crippen LogP contribution < -0.4 is 0 Å². The van der Waals surface area contributed by atoms with E-state index in [0.29, 0.717) is 11.5 Å². The Balaban J connectivity index is 1.99. The lowest BCUT2D eigenvalue weighted by Crippen LogP contribution is -2.05. The normalized spacial score (nSPS) is 14.0. The number of benzene rings is 1. The number of rotatable bonds is 4.